The van der Waals surface area contributed by atoms with Gasteiger partial charge in [-0.1, -0.05) is 49.0 Å². The largest absolute Gasteiger partial charge is 0.462 e. The van der Waals surface area contributed by atoms with E-state index in [-0.39, 0.29) is 12.0 Å². The SMILES string of the molecule is C=CC(=O)N1CCN(c2nc(OC[C@@H]3CCCN3C)nc3c2COC(c2cccc4ccccc24)C3)CC1. The molecule has 0 N–H and O–H groups in total. The Kier molecular flexibility index (Phi) is 7.00. The number of aromatic nitrogens is 2. The topological polar surface area (TPSA) is 71.0 Å². The molecule has 0 bridgehead atoms. The van der Waals surface area contributed by atoms with Gasteiger partial charge in [-0.2, -0.15) is 9.97 Å². The molecule has 1 amide bonds. The fraction of sp³-hybridized carbons (Fsp3) is 0.433. The molecular formula is C30H35N5O3. The van der Waals surface area contributed by atoms with Crippen molar-refractivity contribution in [2.24, 2.45) is 0 Å². The zero-order chi connectivity index (χ0) is 26.1. The number of benzene rings is 2. The van der Waals surface area contributed by atoms with Crippen molar-refractivity contribution in [2.45, 2.75) is 38.0 Å². The van der Waals surface area contributed by atoms with Crippen molar-refractivity contribution in [3.8, 4) is 6.01 Å². The Labute approximate surface area is 223 Å². The van der Waals surface area contributed by atoms with Crippen molar-refractivity contribution in [1.82, 2.24) is 19.8 Å². The molecule has 2 aromatic carbocycles. The summed E-state index contributed by atoms with van der Waals surface area (Å²) >= 11 is 0. The van der Waals surface area contributed by atoms with E-state index in [1.54, 1.807) is 0 Å². The van der Waals surface area contributed by atoms with Gasteiger partial charge in [-0.15, -0.1) is 0 Å². The number of ether oxygens (including phenoxy) is 2. The first kappa shape index (κ1) is 24.8. The van der Waals surface area contributed by atoms with E-state index in [0.717, 1.165) is 30.0 Å². The number of hydrogen-bond donors (Lipinski definition) is 0. The van der Waals surface area contributed by atoms with Crippen LogP contribution in [0.15, 0.2) is 55.1 Å². The third-order valence-electron chi connectivity index (χ3n) is 8.17. The monoisotopic (exact) mass is 513 g/mol. The number of hydrogen-bond acceptors (Lipinski definition) is 7. The van der Waals surface area contributed by atoms with Crippen LogP contribution in [0.25, 0.3) is 10.8 Å². The minimum Gasteiger partial charge on any atom is -0.462 e. The highest BCUT2D eigenvalue weighted by molar-refractivity contribution is 5.87. The molecule has 8 heteroatoms. The van der Waals surface area contributed by atoms with Crippen molar-refractivity contribution in [3.05, 3.63) is 71.9 Å². The molecule has 2 fully saturated rings. The second kappa shape index (κ2) is 10.7. The lowest BCUT2D eigenvalue weighted by molar-refractivity contribution is -0.126. The van der Waals surface area contributed by atoms with Crippen molar-refractivity contribution in [3.63, 3.8) is 0 Å². The third-order valence-corrected chi connectivity index (χ3v) is 8.17. The van der Waals surface area contributed by atoms with Crippen molar-refractivity contribution < 1.29 is 14.3 Å². The van der Waals surface area contributed by atoms with Crippen LogP contribution in [0.2, 0.25) is 0 Å². The maximum Gasteiger partial charge on any atom is 0.318 e. The zero-order valence-electron chi connectivity index (χ0n) is 22.0. The van der Waals surface area contributed by atoms with Crippen LogP contribution in [0.4, 0.5) is 5.82 Å². The van der Waals surface area contributed by atoms with E-state index >= 15 is 0 Å². The normalized spacial score (nSPS) is 21.9. The van der Waals surface area contributed by atoms with Crippen LogP contribution in [-0.4, -0.2) is 78.1 Å². The van der Waals surface area contributed by atoms with E-state index in [1.807, 2.05) is 4.90 Å². The summed E-state index contributed by atoms with van der Waals surface area (Å²) in [5, 5.41) is 2.42. The fourth-order valence-electron chi connectivity index (χ4n) is 5.92. The van der Waals surface area contributed by atoms with Crippen molar-refractivity contribution >= 4 is 22.5 Å². The first-order valence-corrected chi connectivity index (χ1v) is 13.6. The number of anilines is 1. The van der Waals surface area contributed by atoms with Crippen LogP contribution in [0.1, 0.15) is 35.8 Å². The van der Waals surface area contributed by atoms with Gasteiger partial charge in [0.25, 0.3) is 0 Å². The molecule has 38 heavy (non-hydrogen) atoms. The average molecular weight is 514 g/mol. The minimum absolute atomic E-state index is 0.0275. The van der Waals surface area contributed by atoms with Crippen molar-refractivity contribution in [1.29, 1.82) is 0 Å². The predicted octanol–water partition coefficient (Wildman–Crippen LogP) is 3.75. The van der Waals surface area contributed by atoms with Crippen molar-refractivity contribution in [2.75, 3.05) is 51.3 Å². The fourth-order valence-corrected chi connectivity index (χ4v) is 5.92. The van der Waals surface area contributed by atoms with E-state index < -0.39 is 0 Å². The molecule has 4 heterocycles. The Balaban J connectivity index is 1.30. The molecule has 0 radical (unpaired) electrons. The van der Waals surface area contributed by atoms with E-state index in [2.05, 4.69) is 65.9 Å². The molecule has 3 aliphatic heterocycles. The van der Waals surface area contributed by atoms with Gasteiger partial charge in [0.05, 0.1) is 18.4 Å². The third kappa shape index (κ3) is 4.86. The average Bonchev–Trinajstić information content (AvgIpc) is 3.39. The van der Waals surface area contributed by atoms with Gasteiger partial charge in [0.1, 0.15) is 12.4 Å². The molecule has 8 nitrogen and oxygen atoms in total. The van der Waals surface area contributed by atoms with E-state index in [0.29, 0.717) is 57.9 Å². The van der Waals surface area contributed by atoms with Gasteiger partial charge in [0.2, 0.25) is 5.91 Å². The maximum atomic E-state index is 12.1. The Morgan fingerprint density at radius 1 is 1.11 bits per heavy atom. The number of piperazine rings is 1. The summed E-state index contributed by atoms with van der Waals surface area (Å²) in [4.78, 5) is 28.4. The van der Waals surface area contributed by atoms with Gasteiger partial charge in [-0.3, -0.25) is 4.79 Å². The summed E-state index contributed by atoms with van der Waals surface area (Å²) in [6.45, 7) is 8.40. The van der Waals surface area contributed by atoms with Gasteiger partial charge in [0, 0.05) is 44.2 Å². The number of carbonyl (C=O) groups is 1. The number of rotatable bonds is 6. The van der Waals surface area contributed by atoms with Gasteiger partial charge >= 0.3 is 6.01 Å². The zero-order valence-corrected chi connectivity index (χ0v) is 22.0. The second-order valence-electron chi connectivity index (χ2n) is 10.4. The molecule has 1 aromatic heterocycles. The molecule has 1 unspecified atom stereocenters. The molecule has 0 aliphatic carbocycles. The van der Waals surface area contributed by atoms with Gasteiger partial charge < -0.3 is 24.2 Å². The van der Waals surface area contributed by atoms with Gasteiger partial charge in [-0.05, 0) is 48.8 Å². The summed E-state index contributed by atoms with van der Waals surface area (Å²) in [7, 11) is 2.15. The summed E-state index contributed by atoms with van der Waals surface area (Å²) in [6.07, 6.45) is 4.28. The first-order chi connectivity index (χ1) is 18.6. The molecule has 2 atom stereocenters. The lowest BCUT2D eigenvalue weighted by atomic mass is 9.94. The summed E-state index contributed by atoms with van der Waals surface area (Å²) in [5.74, 6) is 0.840. The maximum absolute atomic E-state index is 12.1. The van der Waals surface area contributed by atoms with Crippen LogP contribution in [0, 0.1) is 0 Å². The summed E-state index contributed by atoms with van der Waals surface area (Å²) in [6, 6.07) is 15.6. The van der Waals surface area contributed by atoms with Crippen LogP contribution >= 0.6 is 0 Å². The van der Waals surface area contributed by atoms with Crippen LogP contribution in [-0.2, 0) is 22.6 Å². The molecule has 3 aliphatic rings. The minimum atomic E-state index is -0.0905. The number of likely N-dealkylation sites (N-methyl/N-ethyl adjacent to an activating group) is 1. The Hall–Kier alpha value is -3.49. The summed E-state index contributed by atoms with van der Waals surface area (Å²) < 4.78 is 12.7. The molecule has 3 aromatic rings. The first-order valence-electron chi connectivity index (χ1n) is 13.6. The van der Waals surface area contributed by atoms with E-state index in [4.69, 9.17) is 19.4 Å². The smallest absolute Gasteiger partial charge is 0.318 e. The Morgan fingerprint density at radius 2 is 1.92 bits per heavy atom. The Morgan fingerprint density at radius 3 is 2.71 bits per heavy atom. The lowest BCUT2D eigenvalue weighted by Crippen LogP contribution is -2.49. The summed E-state index contributed by atoms with van der Waals surface area (Å²) in [5.41, 5.74) is 3.19. The molecule has 198 valence electrons. The number of fused-ring (bicyclic) bond motifs is 2. The van der Waals surface area contributed by atoms with Gasteiger partial charge in [-0.25, -0.2) is 0 Å². The molecule has 2 saturated heterocycles. The standard InChI is InChI=1S/C30H35N5O3/c1-3-28(36)34-14-16-35(17-15-34)29-25-20-37-27(24-12-6-9-21-8-4-5-11-23(21)24)18-26(25)31-30(32-29)38-19-22-10-7-13-33(22)2/h3-6,8-9,11-12,22,27H,1,7,10,13-20H2,2H3/t22-,27?/m0/s1. The van der Waals surface area contributed by atoms with Crippen LogP contribution in [0.3, 0.4) is 0 Å². The number of nitrogens with zero attached hydrogens (tertiary/aromatic N) is 5. The number of likely N-dealkylation sites (tertiary alicyclic amines) is 1. The Bertz CT molecular complexity index is 1330. The highest BCUT2D eigenvalue weighted by atomic mass is 16.5. The van der Waals surface area contributed by atoms with Crippen LogP contribution < -0.4 is 9.64 Å². The quantitative estimate of drug-likeness (QED) is 0.465. The molecular weight excluding hydrogens is 478 g/mol. The highest BCUT2D eigenvalue weighted by Gasteiger charge is 2.31. The molecule has 6 rings (SSSR count). The number of amides is 1. The molecule has 0 spiro atoms. The molecule has 0 saturated carbocycles. The lowest BCUT2D eigenvalue weighted by Gasteiger charge is -2.37. The van der Waals surface area contributed by atoms with E-state index in [9.17, 15) is 4.79 Å². The number of carbonyl (C=O) groups excluding carboxylic acids is 1. The second-order valence-corrected chi connectivity index (χ2v) is 10.4. The van der Waals surface area contributed by atoms with Crippen LogP contribution in [0.5, 0.6) is 6.01 Å². The van der Waals surface area contributed by atoms with E-state index in [1.165, 1.54) is 28.8 Å². The highest BCUT2D eigenvalue weighted by Crippen LogP contribution is 2.37. The predicted molar refractivity (Wildman–Crippen MR) is 147 cm³/mol. The van der Waals surface area contributed by atoms with Gasteiger partial charge in [0.15, 0.2) is 0 Å².